The van der Waals surface area contributed by atoms with E-state index in [9.17, 15) is 0 Å². The van der Waals surface area contributed by atoms with Gasteiger partial charge in [-0.05, 0) is 39.3 Å². The molecule has 1 N–H and O–H groups in total. The maximum absolute atomic E-state index is 3.62. The van der Waals surface area contributed by atoms with E-state index in [2.05, 4.69) is 55.9 Å². The Balaban J connectivity index is 2.49. The second kappa shape index (κ2) is 5.36. The highest BCUT2D eigenvalue weighted by Gasteiger charge is 2.15. The molecule has 0 spiro atoms. The second-order valence-corrected chi connectivity index (χ2v) is 4.77. The van der Waals surface area contributed by atoms with Crippen molar-refractivity contribution in [2.45, 2.75) is 59.2 Å². The first-order valence-electron chi connectivity index (χ1n) is 5.98. The molecule has 0 unspecified atom stereocenters. The summed E-state index contributed by atoms with van der Waals surface area (Å²) < 4.78 is 2.29. The van der Waals surface area contributed by atoms with Crippen LogP contribution in [0.5, 0.6) is 0 Å². The molecule has 0 aliphatic carbocycles. The predicted molar refractivity (Wildman–Crippen MR) is 65.9 cm³/mol. The van der Waals surface area contributed by atoms with Crippen LogP contribution >= 0.6 is 0 Å². The fourth-order valence-electron chi connectivity index (χ4n) is 1.96. The molecular formula is C13H24N2. The molecule has 0 aliphatic heterocycles. The number of aryl methyl sites for hydroxylation is 1. The number of hydrogen-bond donors (Lipinski definition) is 1. The number of nitrogens with one attached hydrogen (secondary N) is 1. The Kier molecular flexibility index (Phi) is 4.40. The van der Waals surface area contributed by atoms with Gasteiger partial charge >= 0.3 is 0 Å². The van der Waals surface area contributed by atoms with E-state index < -0.39 is 0 Å². The minimum absolute atomic E-state index is 0.248. The molecule has 0 aliphatic rings. The van der Waals surface area contributed by atoms with Crippen LogP contribution in [-0.4, -0.2) is 10.1 Å². The van der Waals surface area contributed by atoms with Crippen molar-refractivity contribution in [2.24, 2.45) is 0 Å². The Morgan fingerprint density at radius 2 is 2.07 bits per heavy atom. The lowest BCUT2D eigenvalue weighted by Gasteiger charge is -2.26. The van der Waals surface area contributed by atoms with Crippen LogP contribution in [0.4, 0.5) is 0 Å². The Labute approximate surface area is 93.7 Å². The molecule has 15 heavy (non-hydrogen) atoms. The molecule has 0 amide bonds. The summed E-state index contributed by atoms with van der Waals surface area (Å²) in [6.45, 7) is 11.0. The summed E-state index contributed by atoms with van der Waals surface area (Å²) in [5.41, 5.74) is 1.62. The monoisotopic (exact) mass is 208 g/mol. The first-order valence-corrected chi connectivity index (χ1v) is 5.98. The lowest BCUT2D eigenvalue weighted by molar-refractivity contribution is 0.352. The third-order valence-electron chi connectivity index (χ3n) is 2.89. The average molecular weight is 208 g/mol. The quantitative estimate of drug-likeness (QED) is 0.760. The fraction of sp³-hybridized carbons (Fsp3) is 0.692. The Hall–Kier alpha value is -0.760. The van der Waals surface area contributed by atoms with Gasteiger partial charge in [0, 0.05) is 30.5 Å². The van der Waals surface area contributed by atoms with Crippen molar-refractivity contribution in [3.8, 4) is 0 Å². The van der Waals surface area contributed by atoms with E-state index in [1.807, 2.05) is 0 Å². The van der Waals surface area contributed by atoms with Gasteiger partial charge in [-0.25, -0.2) is 0 Å². The standard InChI is InChI=1S/C13H24N2/c1-5-9-13(3,4)14-11-12-8-7-10-15(12)6-2/h7-8,10,14H,5-6,9,11H2,1-4H3. The minimum Gasteiger partial charge on any atom is -0.351 e. The highest BCUT2D eigenvalue weighted by atomic mass is 15.0. The van der Waals surface area contributed by atoms with Crippen LogP contribution in [-0.2, 0) is 13.1 Å². The van der Waals surface area contributed by atoms with Gasteiger partial charge in [0.2, 0.25) is 0 Å². The van der Waals surface area contributed by atoms with Crippen LogP contribution < -0.4 is 5.32 Å². The van der Waals surface area contributed by atoms with E-state index in [1.165, 1.54) is 18.5 Å². The van der Waals surface area contributed by atoms with Crippen molar-refractivity contribution in [2.75, 3.05) is 0 Å². The van der Waals surface area contributed by atoms with Crippen molar-refractivity contribution >= 4 is 0 Å². The molecule has 0 saturated carbocycles. The second-order valence-electron chi connectivity index (χ2n) is 4.77. The third kappa shape index (κ3) is 3.71. The number of aromatic nitrogens is 1. The first-order chi connectivity index (χ1) is 7.09. The van der Waals surface area contributed by atoms with Crippen LogP contribution in [0.15, 0.2) is 18.3 Å². The van der Waals surface area contributed by atoms with Gasteiger partial charge in [-0.15, -0.1) is 0 Å². The van der Waals surface area contributed by atoms with Crippen molar-refractivity contribution in [3.05, 3.63) is 24.0 Å². The lowest BCUT2D eigenvalue weighted by Crippen LogP contribution is -2.38. The number of rotatable bonds is 6. The van der Waals surface area contributed by atoms with Gasteiger partial charge in [-0.1, -0.05) is 13.3 Å². The molecule has 0 saturated heterocycles. The van der Waals surface area contributed by atoms with E-state index >= 15 is 0 Å². The molecule has 0 bridgehead atoms. The molecule has 0 fully saturated rings. The Morgan fingerprint density at radius 1 is 1.33 bits per heavy atom. The maximum atomic E-state index is 3.62. The Bertz CT molecular complexity index is 286. The van der Waals surface area contributed by atoms with Crippen molar-refractivity contribution < 1.29 is 0 Å². The third-order valence-corrected chi connectivity index (χ3v) is 2.89. The zero-order valence-electron chi connectivity index (χ0n) is 10.5. The highest BCUT2D eigenvalue weighted by molar-refractivity contribution is 5.07. The van der Waals surface area contributed by atoms with Crippen molar-refractivity contribution in [1.82, 2.24) is 9.88 Å². The van der Waals surface area contributed by atoms with Crippen LogP contribution in [0.2, 0.25) is 0 Å². The molecule has 2 heteroatoms. The Morgan fingerprint density at radius 3 is 2.67 bits per heavy atom. The molecule has 0 atom stereocenters. The summed E-state index contributed by atoms with van der Waals surface area (Å²) in [6.07, 6.45) is 4.60. The van der Waals surface area contributed by atoms with Crippen LogP contribution in [0.25, 0.3) is 0 Å². The average Bonchev–Trinajstić information content (AvgIpc) is 2.62. The smallest absolute Gasteiger partial charge is 0.0363 e. The summed E-state index contributed by atoms with van der Waals surface area (Å²) in [4.78, 5) is 0. The topological polar surface area (TPSA) is 17.0 Å². The van der Waals surface area contributed by atoms with E-state index in [0.29, 0.717) is 0 Å². The molecule has 1 rings (SSSR count). The molecule has 0 aromatic carbocycles. The first kappa shape index (κ1) is 12.3. The van der Waals surface area contributed by atoms with E-state index in [4.69, 9.17) is 0 Å². The zero-order chi connectivity index (χ0) is 11.3. The highest BCUT2D eigenvalue weighted by Crippen LogP contribution is 2.12. The summed E-state index contributed by atoms with van der Waals surface area (Å²) in [5.74, 6) is 0. The van der Waals surface area contributed by atoms with Gasteiger partial charge in [-0.3, -0.25) is 0 Å². The van der Waals surface area contributed by atoms with Gasteiger partial charge in [0.05, 0.1) is 0 Å². The van der Waals surface area contributed by atoms with Crippen molar-refractivity contribution in [1.29, 1.82) is 0 Å². The van der Waals surface area contributed by atoms with E-state index in [-0.39, 0.29) is 5.54 Å². The van der Waals surface area contributed by atoms with Gasteiger partial charge < -0.3 is 9.88 Å². The molecule has 86 valence electrons. The number of nitrogens with zero attached hydrogens (tertiary/aromatic N) is 1. The summed E-state index contributed by atoms with van der Waals surface area (Å²) >= 11 is 0. The fourth-order valence-corrected chi connectivity index (χ4v) is 1.96. The van der Waals surface area contributed by atoms with Gasteiger partial charge in [0.15, 0.2) is 0 Å². The molecule has 1 aromatic rings. The summed E-state index contributed by atoms with van der Waals surface area (Å²) in [6, 6.07) is 4.31. The SMILES string of the molecule is CCCC(C)(C)NCc1cccn1CC. The molecule has 0 radical (unpaired) electrons. The van der Waals surface area contributed by atoms with E-state index in [0.717, 1.165) is 13.1 Å². The largest absolute Gasteiger partial charge is 0.351 e. The van der Waals surface area contributed by atoms with Crippen molar-refractivity contribution in [3.63, 3.8) is 0 Å². The minimum atomic E-state index is 0.248. The van der Waals surface area contributed by atoms with Gasteiger partial charge in [0.25, 0.3) is 0 Å². The van der Waals surface area contributed by atoms with Gasteiger partial charge in [-0.2, -0.15) is 0 Å². The summed E-state index contributed by atoms with van der Waals surface area (Å²) in [7, 11) is 0. The molecular weight excluding hydrogens is 184 g/mol. The number of hydrogen-bond acceptors (Lipinski definition) is 1. The zero-order valence-corrected chi connectivity index (χ0v) is 10.5. The van der Waals surface area contributed by atoms with Crippen LogP contribution in [0.3, 0.4) is 0 Å². The van der Waals surface area contributed by atoms with E-state index in [1.54, 1.807) is 0 Å². The van der Waals surface area contributed by atoms with Gasteiger partial charge in [0.1, 0.15) is 0 Å². The maximum Gasteiger partial charge on any atom is 0.0363 e. The van der Waals surface area contributed by atoms with Crippen LogP contribution in [0, 0.1) is 0 Å². The predicted octanol–water partition coefficient (Wildman–Crippen LogP) is 3.18. The molecule has 2 nitrogen and oxygen atoms in total. The summed E-state index contributed by atoms with van der Waals surface area (Å²) in [5, 5.41) is 3.62. The lowest BCUT2D eigenvalue weighted by atomic mass is 9.99. The normalized spacial score (nSPS) is 12.0. The van der Waals surface area contributed by atoms with Crippen LogP contribution in [0.1, 0.15) is 46.2 Å². The molecule has 1 aromatic heterocycles. The molecule has 1 heterocycles.